The molecule has 0 aromatic heterocycles. The van der Waals surface area contributed by atoms with Gasteiger partial charge in [-0.2, -0.15) is 5.10 Å². The highest BCUT2D eigenvalue weighted by atomic mass is 16.5. The smallest absolute Gasteiger partial charge is 0.343 e. The second kappa shape index (κ2) is 9.83. The van der Waals surface area contributed by atoms with Crippen molar-refractivity contribution in [3.63, 3.8) is 0 Å². The summed E-state index contributed by atoms with van der Waals surface area (Å²) in [4.78, 5) is 22.7. The van der Waals surface area contributed by atoms with E-state index in [2.05, 4.69) is 17.5 Å². The highest BCUT2D eigenvalue weighted by Crippen LogP contribution is 2.16. The van der Waals surface area contributed by atoms with Crippen molar-refractivity contribution in [3.8, 4) is 11.5 Å². The van der Waals surface area contributed by atoms with Crippen LogP contribution in [0.15, 0.2) is 53.6 Å². The number of nitrogens with two attached hydrogens (primary N) is 1. The first-order valence-electron chi connectivity index (χ1n) is 8.22. The molecule has 0 bridgehead atoms. The Bertz CT molecular complexity index is 755. The maximum absolute atomic E-state index is 12.2. The number of carbonyl (C=O) groups excluding carboxylic acids is 2. The van der Waals surface area contributed by atoms with Gasteiger partial charge in [0.2, 0.25) is 0 Å². The number of urea groups is 1. The third kappa shape index (κ3) is 6.27. The molecule has 0 aliphatic heterocycles. The van der Waals surface area contributed by atoms with E-state index >= 15 is 0 Å². The number of unbranched alkanes of at least 4 members (excludes halogenated alkanes) is 1. The van der Waals surface area contributed by atoms with E-state index < -0.39 is 12.0 Å². The van der Waals surface area contributed by atoms with Gasteiger partial charge in [0, 0.05) is 0 Å². The first kappa shape index (κ1) is 19.0. The van der Waals surface area contributed by atoms with Gasteiger partial charge in [0.25, 0.3) is 0 Å². The van der Waals surface area contributed by atoms with Crippen molar-refractivity contribution in [1.82, 2.24) is 5.43 Å². The molecule has 0 spiro atoms. The number of hydrogen-bond acceptors (Lipinski definition) is 5. The topological polar surface area (TPSA) is 103 Å². The molecular formula is C19H21N3O4. The summed E-state index contributed by atoms with van der Waals surface area (Å²) in [5, 5.41) is 3.65. The van der Waals surface area contributed by atoms with E-state index in [0.29, 0.717) is 23.5 Å². The van der Waals surface area contributed by atoms with Gasteiger partial charge in [0.05, 0.1) is 18.4 Å². The number of ether oxygens (including phenoxy) is 2. The fourth-order valence-electron chi connectivity index (χ4n) is 1.98. The van der Waals surface area contributed by atoms with Crippen molar-refractivity contribution in [2.75, 3.05) is 6.61 Å². The fraction of sp³-hybridized carbons (Fsp3) is 0.211. The van der Waals surface area contributed by atoms with Crippen LogP contribution in [0, 0.1) is 0 Å². The van der Waals surface area contributed by atoms with Gasteiger partial charge in [-0.15, -0.1) is 0 Å². The molecule has 0 aliphatic carbocycles. The maximum Gasteiger partial charge on any atom is 0.343 e. The van der Waals surface area contributed by atoms with Crippen LogP contribution < -0.4 is 20.6 Å². The molecule has 2 aromatic carbocycles. The quantitative estimate of drug-likeness (QED) is 0.250. The first-order chi connectivity index (χ1) is 12.6. The van der Waals surface area contributed by atoms with E-state index in [1.807, 2.05) is 0 Å². The van der Waals surface area contributed by atoms with Crippen LogP contribution in [0.2, 0.25) is 0 Å². The van der Waals surface area contributed by atoms with Crippen LogP contribution in [0.3, 0.4) is 0 Å². The Kier molecular flexibility index (Phi) is 7.17. The van der Waals surface area contributed by atoms with Gasteiger partial charge in [0.15, 0.2) is 0 Å². The van der Waals surface area contributed by atoms with Gasteiger partial charge >= 0.3 is 12.0 Å². The van der Waals surface area contributed by atoms with E-state index in [4.69, 9.17) is 15.2 Å². The standard InChI is InChI=1S/C19H21N3O4/c1-2-3-12-25-16-10-6-15(7-11-16)18(23)26-17-8-4-14(5-9-17)13-21-22-19(20)24/h4-11,13H,2-3,12H2,1H3,(H3,20,22,24)/b21-13-. The Balaban J connectivity index is 1.90. The lowest BCUT2D eigenvalue weighted by molar-refractivity contribution is 0.0734. The predicted molar refractivity (Wildman–Crippen MR) is 98.6 cm³/mol. The van der Waals surface area contributed by atoms with Crippen LogP contribution in [0.4, 0.5) is 4.79 Å². The molecular weight excluding hydrogens is 334 g/mol. The van der Waals surface area contributed by atoms with E-state index in [0.717, 1.165) is 18.6 Å². The molecule has 0 aliphatic rings. The minimum absolute atomic E-state index is 0.401. The monoisotopic (exact) mass is 355 g/mol. The highest BCUT2D eigenvalue weighted by molar-refractivity contribution is 5.91. The summed E-state index contributed by atoms with van der Waals surface area (Å²) in [5.74, 6) is 0.670. The SMILES string of the molecule is CCCCOc1ccc(C(=O)Oc2ccc(/C=N\NC(N)=O)cc2)cc1. The Morgan fingerprint density at radius 2 is 1.73 bits per heavy atom. The number of rotatable bonds is 8. The van der Waals surface area contributed by atoms with Crippen molar-refractivity contribution in [2.24, 2.45) is 10.8 Å². The number of primary amides is 1. The normalized spacial score (nSPS) is 10.5. The summed E-state index contributed by atoms with van der Waals surface area (Å²) in [6.07, 6.45) is 3.48. The van der Waals surface area contributed by atoms with Crippen LogP contribution in [-0.4, -0.2) is 24.8 Å². The summed E-state index contributed by atoms with van der Waals surface area (Å²) in [6.45, 7) is 2.75. The van der Waals surface area contributed by atoms with Crippen molar-refractivity contribution in [1.29, 1.82) is 0 Å². The average molecular weight is 355 g/mol. The van der Waals surface area contributed by atoms with Gasteiger partial charge in [-0.25, -0.2) is 15.0 Å². The molecule has 2 amide bonds. The zero-order valence-corrected chi connectivity index (χ0v) is 14.5. The molecule has 0 saturated heterocycles. The Labute approximate surface area is 151 Å². The van der Waals surface area contributed by atoms with E-state index in [1.54, 1.807) is 48.5 Å². The lowest BCUT2D eigenvalue weighted by Crippen LogP contribution is -2.24. The van der Waals surface area contributed by atoms with Crippen LogP contribution in [0.25, 0.3) is 0 Å². The van der Waals surface area contributed by atoms with E-state index in [9.17, 15) is 9.59 Å². The van der Waals surface area contributed by atoms with Crippen molar-refractivity contribution >= 4 is 18.2 Å². The summed E-state index contributed by atoms with van der Waals surface area (Å²) < 4.78 is 10.9. The number of nitrogens with zero attached hydrogens (tertiary/aromatic N) is 1. The number of hydrogen-bond donors (Lipinski definition) is 2. The second-order valence-electron chi connectivity index (χ2n) is 5.42. The Morgan fingerprint density at radius 3 is 2.35 bits per heavy atom. The number of benzene rings is 2. The largest absolute Gasteiger partial charge is 0.494 e. The number of esters is 1. The van der Waals surface area contributed by atoms with Crippen LogP contribution in [0.1, 0.15) is 35.7 Å². The van der Waals surface area contributed by atoms with Crippen molar-refractivity contribution in [2.45, 2.75) is 19.8 Å². The van der Waals surface area contributed by atoms with Crippen LogP contribution >= 0.6 is 0 Å². The lowest BCUT2D eigenvalue weighted by atomic mass is 10.2. The molecule has 0 unspecified atom stereocenters. The molecule has 0 fully saturated rings. The molecule has 0 heterocycles. The molecule has 0 radical (unpaired) electrons. The van der Waals surface area contributed by atoms with E-state index in [-0.39, 0.29) is 0 Å². The Morgan fingerprint density at radius 1 is 1.08 bits per heavy atom. The van der Waals surface area contributed by atoms with Gasteiger partial charge in [-0.05, 0) is 60.5 Å². The summed E-state index contributed by atoms with van der Waals surface area (Å²) in [6, 6.07) is 12.7. The van der Waals surface area contributed by atoms with Crippen molar-refractivity contribution < 1.29 is 19.1 Å². The molecule has 136 valence electrons. The van der Waals surface area contributed by atoms with Gasteiger partial charge in [-0.3, -0.25) is 0 Å². The summed E-state index contributed by atoms with van der Waals surface area (Å²) in [5.41, 5.74) is 8.15. The second-order valence-corrected chi connectivity index (χ2v) is 5.42. The third-order valence-electron chi connectivity index (χ3n) is 3.34. The average Bonchev–Trinajstić information content (AvgIpc) is 2.63. The molecule has 3 N–H and O–H groups in total. The number of hydrazone groups is 1. The van der Waals surface area contributed by atoms with Crippen LogP contribution in [0.5, 0.6) is 11.5 Å². The fourth-order valence-corrected chi connectivity index (χ4v) is 1.98. The summed E-state index contributed by atoms with van der Waals surface area (Å²) >= 11 is 0. The molecule has 0 saturated carbocycles. The van der Waals surface area contributed by atoms with Crippen LogP contribution in [-0.2, 0) is 0 Å². The number of carbonyl (C=O) groups is 2. The molecule has 7 nitrogen and oxygen atoms in total. The maximum atomic E-state index is 12.2. The molecule has 2 rings (SSSR count). The Hall–Kier alpha value is -3.35. The van der Waals surface area contributed by atoms with Crippen molar-refractivity contribution in [3.05, 3.63) is 59.7 Å². The minimum Gasteiger partial charge on any atom is -0.494 e. The minimum atomic E-state index is -0.742. The van der Waals surface area contributed by atoms with Gasteiger partial charge in [-0.1, -0.05) is 13.3 Å². The zero-order chi connectivity index (χ0) is 18.8. The first-order valence-corrected chi connectivity index (χ1v) is 8.22. The zero-order valence-electron chi connectivity index (χ0n) is 14.5. The third-order valence-corrected chi connectivity index (χ3v) is 3.34. The highest BCUT2D eigenvalue weighted by Gasteiger charge is 2.08. The van der Waals surface area contributed by atoms with E-state index in [1.165, 1.54) is 6.21 Å². The van der Waals surface area contributed by atoms with Gasteiger partial charge in [0.1, 0.15) is 11.5 Å². The summed E-state index contributed by atoms with van der Waals surface area (Å²) in [7, 11) is 0. The number of amides is 2. The van der Waals surface area contributed by atoms with Gasteiger partial charge < -0.3 is 15.2 Å². The molecule has 7 heteroatoms. The molecule has 2 aromatic rings. The number of nitrogens with one attached hydrogen (secondary N) is 1. The molecule has 26 heavy (non-hydrogen) atoms. The predicted octanol–water partition coefficient (Wildman–Crippen LogP) is 3.09. The lowest BCUT2D eigenvalue weighted by Gasteiger charge is -2.07. The molecule has 0 atom stereocenters.